The maximum atomic E-state index is 14.2. The summed E-state index contributed by atoms with van der Waals surface area (Å²) in [6, 6.07) is 7.69. The topological polar surface area (TPSA) is 113 Å². The van der Waals surface area contributed by atoms with Crippen molar-refractivity contribution in [2.24, 2.45) is 0 Å². The Kier molecular flexibility index (Phi) is 10.4. The average Bonchev–Trinajstić information content (AvgIpc) is 2.83. The molecule has 35 heavy (non-hydrogen) atoms. The molecule has 1 aliphatic rings. The van der Waals surface area contributed by atoms with Crippen LogP contribution in [0.25, 0.3) is 0 Å². The standard InChI is InChI=1S/C26H35FN4O4/c1-2-18-7-8-29-21(11-18)15-28-16-24(32)23-13-19-10-20(27)14-22(12-19)35-9-5-3-4-6-25(33)30-17-26(34)31-23/h7-8,10-12,14,23-24,28,32H,2-6,9,13,15-17H2,1H3,(H,30,33)(H,31,34). The number of fused-ring (bicyclic) bond motifs is 2. The van der Waals surface area contributed by atoms with E-state index in [2.05, 4.69) is 27.9 Å². The van der Waals surface area contributed by atoms with Gasteiger partial charge in [0.05, 0.1) is 31.0 Å². The van der Waals surface area contributed by atoms with Crippen molar-refractivity contribution in [3.8, 4) is 5.75 Å². The summed E-state index contributed by atoms with van der Waals surface area (Å²) in [5.74, 6) is -0.643. The number of aliphatic hydroxyl groups excluding tert-OH is 1. The first kappa shape index (κ1) is 26.6. The summed E-state index contributed by atoms with van der Waals surface area (Å²) in [6.45, 7) is 2.96. The van der Waals surface area contributed by atoms with E-state index in [1.54, 1.807) is 12.3 Å². The number of amides is 2. The minimum Gasteiger partial charge on any atom is -0.493 e. The zero-order valence-electron chi connectivity index (χ0n) is 20.2. The van der Waals surface area contributed by atoms with Crippen LogP contribution in [0, 0.1) is 5.82 Å². The average molecular weight is 487 g/mol. The van der Waals surface area contributed by atoms with Gasteiger partial charge in [0.15, 0.2) is 0 Å². The van der Waals surface area contributed by atoms with Crippen molar-refractivity contribution in [2.75, 3.05) is 19.7 Å². The summed E-state index contributed by atoms with van der Waals surface area (Å²) in [4.78, 5) is 28.9. The molecular formula is C26H35FN4O4. The molecule has 2 bridgehead atoms. The Labute approximate surface area is 205 Å². The van der Waals surface area contributed by atoms with Crippen LogP contribution in [0.15, 0.2) is 36.5 Å². The third-order valence-corrected chi connectivity index (χ3v) is 5.91. The number of carbonyl (C=O) groups is 2. The molecule has 0 saturated heterocycles. The number of nitrogens with one attached hydrogen (secondary N) is 3. The normalized spacial score (nSPS) is 18.8. The number of hydrogen-bond donors (Lipinski definition) is 4. The SMILES string of the molecule is CCc1ccnc(CNCC(O)C2Cc3cc(F)cc(c3)OCCCCCC(=O)NCC(=O)N2)c1. The van der Waals surface area contributed by atoms with Gasteiger partial charge in [-0.25, -0.2) is 4.39 Å². The van der Waals surface area contributed by atoms with Gasteiger partial charge in [0.1, 0.15) is 11.6 Å². The van der Waals surface area contributed by atoms with Gasteiger partial charge < -0.3 is 25.8 Å². The lowest BCUT2D eigenvalue weighted by Gasteiger charge is -2.25. The van der Waals surface area contributed by atoms with Crippen LogP contribution in [0.4, 0.5) is 4.39 Å². The number of aliphatic hydroxyl groups is 1. The van der Waals surface area contributed by atoms with E-state index in [1.807, 2.05) is 12.1 Å². The molecule has 2 aromatic rings. The lowest BCUT2D eigenvalue weighted by Crippen LogP contribution is -2.51. The molecule has 2 amide bonds. The summed E-state index contributed by atoms with van der Waals surface area (Å²) in [7, 11) is 0. The second-order valence-corrected chi connectivity index (χ2v) is 8.82. The van der Waals surface area contributed by atoms with Crippen LogP contribution >= 0.6 is 0 Å². The number of halogens is 1. The first-order chi connectivity index (χ1) is 16.9. The Morgan fingerprint density at radius 3 is 2.89 bits per heavy atom. The van der Waals surface area contributed by atoms with Crippen molar-refractivity contribution in [1.82, 2.24) is 20.9 Å². The maximum Gasteiger partial charge on any atom is 0.239 e. The molecule has 3 rings (SSSR count). The molecule has 2 unspecified atom stereocenters. The highest BCUT2D eigenvalue weighted by molar-refractivity contribution is 5.84. The van der Waals surface area contributed by atoms with E-state index in [-0.39, 0.29) is 25.4 Å². The lowest BCUT2D eigenvalue weighted by molar-refractivity contribution is -0.126. The molecule has 0 saturated carbocycles. The molecule has 0 radical (unpaired) electrons. The number of ether oxygens (including phenoxy) is 1. The third-order valence-electron chi connectivity index (χ3n) is 5.91. The Morgan fingerprint density at radius 1 is 1.20 bits per heavy atom. The second-order valence-electron chi connectivity index (χ2n) is 8.82. The Hall–Kier alpha value is -3.04. The Morgan fingerprint density at radius 2 is 2.06 bits per heavy atom. The van der Waals surface area contributed by atoms with Crippen LogP contribution in [-0.2, 0) is 29.0 Å². The van der Waals surface area contributed by atoms with Crippen molar-refractivity contribution >= 4 is 11.8 Å². The molecule has 0 spiro atoms. The number of aromatic nitrogens is 1. The fourth-order valence-electron chi connectivity index (χ4n) is 3.97. The van der Waals surface area contributed by atoms with Crippen molar-refractivity contribution in [3.05, 3.63) is 59.2 Å². The quantitative estimate of drug-likeness (QED) is 0.497. The molecule has 1 aromatic heterocycles. The van der Waals surface area contributed by atoms with Crippen LogP contribution in [0.2, 0.25) is 0 Å². The third kappa shape index (κ3) is 9.26. The lowest BCUT2D eigenvalue weighted by atomic mass is 10.00. The van der Waals surface area contributed by atoms with Gasteiger partial charge in [-0.2, -0.15) is 0 Å². The highest BCUT2D eigenvalue weighted by Gasteiger charge is 2.23. The molecule has 190 valence electrons. The van der Waals surface area contributed by atoms with E-state index in [1.165, 1.54) is 17.7 Å². The summed E-state index contributed by atoms with van der Waals surface area (Å²) in [5, 5.41) is 19.5. The van der Waals surface area contributed by atoms with Crippen molar-refractivity contribution in [1.29, 1.82) is 0 Å². The van der Waals surface area contributed by atoms with Gasteiger partial charge in [-0.15, -0.1) is 0 Å². The molecule has 1 aliphatic heterocycles. The van der Waals surface area contributed by atoms with E-state index in [0.29, 0.717) is 37.3 Å². The molecule has 1 aromatic carbocycles. The molecule has 0 aliphatic carbocycles. The van der Waals surface area contributed by atoms with Gasteiger partial charge in [0, 0.05) is 31.8 Å². The molecular weight excluding hydrogens is 451 g/mol. The fourth-order valence-corrected chi connectivity index (χ4v) is 3.97. The van der Waals surface area contributed by atoms with Crippen LogP contribution < -0.4 is 20.7 Å². The fraction of sp³-hybridized carbons (Fsp3) is 0.500. The largest absolute Gasteiger partial charge is 0.493 e. The smallest absolute Gasteiger partial charge is 0.239 e. The first-order valence-electron chi connectivity index (χ1n) is 12.2. The Balaban J connectivity index is 1.70. The van der Waals surface area contributed by atoms with Crippen LogP contribution in [0.1, 0.15) is 49.4 Å². The van der Waals surface area contributed by atoms with Crippen molar-refractivity contribution in [3.63, 3.8) is 0 Å². The van der Waals surface area contributed by atoms with Crippen molar-refractivity contribution in [2.45, 2.75) is 64.1 Å². The molecule has 0 fully saturated rings. The number of hydrogen-bond acceptors (Lipinski definition) is 6. The second kappa shape index (κ2) is 13.7. The van der Waals surface area contributed by atoms with Gasteiger partial charge in [-0.05, 0) is 67.5 Å². The number of aryl methyl sites for hydroxylation is 1. The predicted octanol–water partition coefficient (Wildman–Crippen LogP) is 2.03. The van der Waals surface area contributed by atoms with Crippen LogP contribution in [0.5, 0.6) is 5.75 Å². The zero-order chi connectivity index (χ0) is 25.0. The van der Waals surface area contributed by atoms with Gasteiger partial charge in [0.25, 0.3) is 0 Å². The highest BCUT2D eigenvalue weighted by atomic mass is 19.1. The van der Waals surface area contributed by atoms with E-state index < -0.39 is 23.9 Å². The maximum absolute atomic E-state index is 14.2. The van der Waals surface area contributed by atoms with Gasteiger partial charge in [0.2, 0.25) is 11.8 Å². The minimum absolute atomic E-state index is 0.180. The van der Waals surface area contributed by atoms with Gasteiger partial charge in [-0.1, -0.05) is 6.92 Å². The molecule has 8 nitrogen and oxygen atoms in total. The number of carbonyl (C=O) groups excluding carboxylic acids is 2. The predicted molar refractivity (Wildman–Crippen MR) is 130 cm³/mol. The highest BCUT2D eigenvalue weighted by Crippen LogP contribution is 2.19. The number of benzene rings is 1. The molecule has 9 heteroatoms. The summed E-state index contributed by atoms with van der Waals surface area (Å²) < 4.78 is 19.9. The van der Waals surface area contributed by atoms with Gasteiger partial charge >= 0.3 is 0 Å². The minimum atomic E-state index is -0.962. The Bertz CT molecular complexity index is 988. The number of rotatable bonds is 6. The summed E-state index contributed by atoms with van der Waals surface area (Å²) in [5.41, 5.74) is 2.62. The van der Waals surface area contributed by atoms with Crippen molar-refractivity contribution < 1.29 is 23.8 Å². The summed E-state index contributed by atoms with van der Waals surface area (Å²) in [6.07, 6.45) is 4.42. The monoisotopic (exact) mass is 486 g/mol. The number of nitrogens with zero attached hydrogens (tertiary/aromatic N) is 1. The van der Waals surface area contributed by atoms with Crippen LogP contribution in [-0.4, -0.2) is 53.7 Å². The first-order valence-corrected chi connectivity index (χ1v) is 12.2. The molecule has 2 heterocycles. The van der Waals surface area contributed by atoms with Gasteiger partial charge in [-0.3, -0.25) is 14.6 Å². The van der Waals surface area contributed by atoms with E-state index in [0.717, 1.165) is 25.0 Å². The molecule has 2 atom stereocenters. The van der Waals surface area contributed by atoms with E-state index in [4.69, 9.17) is 4.74 Å². The van der Waals surface area contributed by atoms with E-state index in [9.17, 15) is 19.1 Å². The number of pyridine rings is 1. The zero-order valence-corrected chi connectivity index (χ0v) is 20.2. The molecule has 4 N–H and O–H groups in total. The van der Waals surface area contributed by atoms with Crippen LogP contribution in [0.3, 0.4) is 0 Å². The van der Waals surface area contributed by atoms with E-state index >= 15 is 0 Å². The summed E-state index contributed by atoms with van der Waals surface area (Å²) >= 11 is 0.